The largest absolute Gasteiger partial charge is 0.465 e. The number of benzene rings is 1. The Bertz CT molecular complexity index is 670. The highest BCUT2D eigenvalue weighted by Crippen LogP contribution is 2.35. The maximum Gasteiger partial charge on any atom is 0.328 e. The SMILES string of the molecule is CCOC(=O)C1(N(C)N(C)C(=O)Cc2c(C)cc(C)cc2C)CCCCC1. The van der Waals surface area contributed by atoms with Gasteiger partial charge in [0.1, 0.15) is 5.54 Å². The van der Waals surface area contributed by atoms with Crippen LogP contribution in [0.25, 0.3) is 0 Å². The topological polar surface area (TPSA) is 49.9 Å². The molecule has 1 aromatic carbocycles. The number of likely N-dealkylation sites (N-methyl/N-ethyl adjacent to an activating group) is 2. The summed E-state index contributed by atoms with van der Waals surface area (Å²) in [4.78, 5) is 25.8. The third-order valence-electron chi connectivity index (χ3n) is 5.93. The van der Waals surface area contributed by atoms with Gasteiger partial charge in [0.05, 0.1) is 13.0 Å². The van der Waals surface area contributed by atoms with Crippen molar-refractivity contribution in [1.82, 2.24) is 10.0 Å². The maximum absolute atomic E-state index is 13.0. The summed E-state index contributed by atoms with van der Waals surface area (Å²) in [5, 5.41) is 3.44. The van der Waals surface area contributed by atoms with Gasteiger partial charge in [-0.25, -0.2) is 9.80 Å². The molecule has 0 spiro atoms. The zero-order valence-corrected chi connectivity index (χ0v) is 17.7. The van der Waals surface area contributed by atoms with E-state index in [-0.39, 0.29) is 11.9 Å². The van der Waals surface area contributed by atoms with Crippen LogP contribution in [0.1, 0.15) is 61.3 Å². The summed E-state index contributed by atoms with van der Waals surface area (Å²) >= 11 is 0. The van der Waals surface area contributed by atoms with E-state index in [1.165, 1.54) is 5.56 Å². The van der Waals surface area contributed by atoms with Gasteiger partial charge in [0, 0.05) is 14.1 Å². The molecule has 0 radical (unpaired) electrons. The summed E-state index contributed by atoms with van der Waals surface area (Å²) in [6.45, 7) is 8.35. The standard InChI is InChI=1S/C22H34N2O3/c1-7-27-21(26)22(11-9-8-10-12-22)24(6)23(5)20(25)15-19-17(3)13-16(2)14-18(19)4/h13-14H,7-12,15H2,1-6H3. The van der Waals surface area contributed by atoms with Crippen LogP contribution in [0.3, 0.4) is 0 Å². The number of carbonyl (C=O) groups is 2. The Balaban J connectivity index is 2.22. The molecule has 2 rings (SSSR count). The van der Waals surface area contributed by atoms with E-state index in [1.807, 2.05) is 32.8 Å². The molecule has 0 N–H and O–H groups in total. The molecule has 1 aliphatic carbocycles. The highest BCUT2D eigenvalue weighted by atomic mass is 16.5. The van der Waals surface area contributed by atoms with Crippen LogP contribution in [0.2, 0.25) is 0 Å². The van der Waals surface area contributed by atoms with Gasteiger partial charge < -0.3 is 4.74 Å². The molecule has 0 saturated heterocycles. The number of hydrazine groups is 1. The molecular weight excluding hydrogens is 340 g/mol. The Hall–Kier alpha value is -1.88. The zero-order chi connectivity index (χ0) is 20.2. The summed E-state index contributed by atoms with van der Waals surface area (Å²) in [7, 11) is 3.60. The Labute approximate surface area is 163 Å². The van der Waals surface area contributed by atoms with Crippen LogP contribution in [0.5, 0.6) is 0 Å². The fourth-order valence-electron chi connectivity index (χ4n) is 4.27. The monoisotopic (exact) mass is 374 g/mol. The predicted molar refractivity (Wildman–Crippen MR) is 107 cm³/mol. The van der Waals surface area contributed by atoms with Gasteiger partial charge in [0.15, 0.2) is 0 Å². The number of esters is 1. The maximum atomic E-state index is 13.0. The molecule has 0 bridgehead atoms. The molecule has 0 heterocycles. The van der Waals surface area contributed by atoms with Gasteiger partial charge >= 0.3 is 5.97 Å². The second kappa shape index (κ2) is 8.87. The highest BCUT2D eigenvalue weighted by molar-refractivity contribution is 5.83. The number of hydrogen-bond donors (Lipinski definition) is 0. The number of aryl methyl sites for hydroxylation is 3. The van der Waals surface area contributed by atoms with Crippen molar-refractivity contribution in [3.63, 3.8) is 0 Å². The number of amides is 1. The first kappa shape index (κ1) is 21.4. The van der Waals surface area contributed by atoms with Gasteiger partial charge in [0.2, 0.25) is 5.91 Å². The first-order valence-corrected chi connectivity index (χ1v) is 9.97. The minimum atomic E-state index is -0.740. The Kier molecular flexibility index (Phi) is 7.04. The van der Waals surface area contributed by atoms with Crippen LogP contribution in [0.4, 0.5) is 0 Å². The lowest BCUT2D eigenvalue weighted by Crippen LogP contribution is -2.61. The van der Waals surface area contributed by atoms with Gasteiger partial charge in [-0.1, -0.05) is 37.0 Å². The van der Waals surface area contributed by atoms with E-state index in [1.54, 1.807) is 12.1 Å². The molecule has 1 amide bonds. The van der Waals surface area contributed by atoms with Gasteiger partial charge in [-0.2, -0.15) is 0 Å². The van der Waals surface area contributed by atoms with Crippen LogP contribution < -0.4 is 0 Å². The van der Waals surface area contributed by atoms with E-state index >= 15 is 0 Å². The van der Waals surface area contributed by atoms with Gasteiger partial charge in [0.25, 0.3) is 0 Å². The fraction of sp³-hybridized carbons (Fsp3) is 0.636. The number of carbonyl (C=O) groups excluding carboxylic acids is 2. The molecule has 5 nitrogen and oxygen atoms in total. The summed E-state index contributed by atoms with van der Waals surface area (Å²) in [6.07, 6.45) is 4.85. The lowest BCUT2D eigenvalue weighted by Gasteiger charge is -2.45. The minimum absolute atomic E-state index is 0.0122. The Morgan fingerprint density at radius 3 is 2.11 bits per heavy atom. The van der Waals surface area contributed by atoms with Crippen molar-refractivity contribution in [3.8, 4) is 0 Å². The number of rotatable bonds is 6. The normalized spacial score (nSPS) is 16.3. The molecule has 0 aromatic heterocycles. The average Bonchev–Trinajstić information content (AvgIpc) is 2.63. The first-order chi connectivity index (χ1) is 12.7. The van der Waals surface area contributed by atoms with Gasteiger partial charge in [-0.3, -0.25) is 9.80 Å². The van der Waals surface area contributed by atoms with Crippen LogP contribution in [-0.2, 0) is 20.7 Å². The smallest absolute Gasteiger partial charge is 0.328 e. The molecule has 27 heavy (non-hydrogen) atoms. The molecule has 1 fully saturated rings. The molecule has 1 saturated carbocycles. The van der Waals surface area contributed by atoms with Crippen molar-refractivity contribution in [1.29, 1.82) is 0 Å². The minimum Gasteiger partial charge on any atom is -0.465 e. The van der Waals surface area contributed by atoms with Gasteiger partial charge in [-0.05, 0) is 57.2 Å². The van der Waals surface area contributed by atoms with E-state index in [4.69, 9.17) is 4.74 Å². The third kappa shape index (κ3) is 4.52. The molecule has 150 valence electrons. The van der Waals surface area contributed by atoms with Crippen LogP contribution >= 0.6 is 0 Å². The molecule has 0 unspecified atom stereocenters. The van der Waals surface area contributed by atoms with E-state index in [0.717, 1.165) is 48.8 Å². The van der Waals surface area contributed by atoms with E-state index in [2.05, 4.69) is 19.1 Å². The van der Waals surface area contributed by atoms with Crippen LogP contribution in [0.15, 0.2) is 12.1 Å². The second-order valence-corrected chi connectivity index (χ2v) is 7.81. The van der Waals surface area contributed by atoms with Crippen molar-refractivity contribution >= 4 is 11.9 Å². The predicted octanol–water partition coefficient (Wildman–Crippen LogP) is 3.73. The molecule has 1 aromatic rings. The summed E-state index contributed by atoms with van der Waals surface area (Å²) < 4.78 is 5.39. The average molecular weight is 375 g/mol. The lowest BCUT2D eigenvalue weighted by molar-refractivity contribution is -0.179. The number of nitrogens with zero attached hydrogens (tertiary/aromatic N) is 2. The van der Waals surface area contributed by atoms with Crippen molar-refractivity contribution in [2.24, 2.45) is 0 Å². The molecule has 0 atom stereocenters. The van der Waals surface area contributed by atoms with E-state index in [9.17, 15) is 9.59 Å². The van der Waals surface area contributed by atoms with Crippen molar-refractivity contribution in [3.05, 3.63) is 34.4 Å². The quantitative estimate of drug-likeness (QED) is 0.562. The van der Waals surface area contributed by atoms with E-state index in [0.29, 0.717) is 13.0 Å². The fourth-order valence-corrected chi connectivity index (χ4v) is 4.27. The first-order valence-electron chi connectivity index (χ1n) is 9.97. The van der Waals surface area contributed by atoms with E-state index < -0.39 is 5.54 Å². The number of hydrogen-bond acceptors (Lipinski definition) is 4. The van der Waals surface area contributed by atoms with Crippen molar-refractivity contribution < 1.29 is 14.3 Å². The second-order valence-electron chi connectivity index (χ2n) is 7.81. The molecule has 5 heteroatoms. The third-order valence-corrected chi connectivity index (χ3v) is 5.93. The summed E-state index contributed by atoms with van der Waals surface area (Å²) in [5.41, 5.74) is 3.80. The molecule has 0 aliphatic heterocycles. The highest BCUT2D eigenvalue weighted by Gasteiger charge is 2.47. The van der Waals surface area contributed by atoms with Crippen LogP contribution in [-0.4, -0.2) is 48.1 Å². The Morgan fingerprint density at radius 1 is 1.04 bits per heavy atom. The van der Waals surface area contributed by atoms with Crippen molar-refractivity contribution in [2.75, 3.05) is 20.7 Å². The van der Waals surface area contributed by atoms with Crippen LogP contribution in [0, 0.1) is 20.8 Å². The van der Waals surface area contributed by atoms with Crippen molar-refractivity contribution in [2.45, 2.75) is 71.8 Å². The molecular formula is C22H34N2O3. The summed E-state index contributed by atoms with van der Waals surface area (Å²) in [6, 6.07) is 4.22. The lowest BCUT2D eigenvalue weighted by atomic mass is 9.81. The Morgan fingerprint density at radius 2 is 1.59 bits per heavy atom. The van der Waals surface area contributed by atoms with Gasteiger partial charge in [-0.15, -0.1) is 0 Å². The molecule has 1 aliphatic rings. The number of ether oxygens (including phenoxy) is 1. The summed E-state index contributed by atoms with van der Waals surface area (Å²) in [5.74, 6) is -0.226. The zero-order valence-electron chi connectivity index (χ0n) is 17.7.